The largest absolute Gasteiger partial charge is 0.480 e. The van der Waals surface area contributed by atoms with Gasteiger partial charge in [-0.25, -0.2) is 4.79 Å². The highest BCUT2D eigenvalue weighted by Crippen LogP contribution is 2.31. The van der Waals surface area contributed by atoms with Gasteiger partial charge in [-0.15, -0.1) is 0 Å². The van der Waals surface area contributed by atoms with Gasteiger partial charge in [0.05, 0.1) is 10.4 Å². The molecule has 86 valence electrons. The number of benzene rings is 1. The third-order valence-corrected chi connectivity index (χ3v) is 4.66. The number of hydrogen-bond donors (Lipinski definition) is 2. The first-order valence-corrected chi connectivity index (χ1v) is 6.11. The van der Waals surface area contributed by atoms with Crippen molar-refractivity contribution in [2.45, 2.75) is 9.65 Å². The van der Waals surface area contributed by atoms with Crippen molar-refractivity contribution < 1.29 is 19.8 Å². The Bertz CT molecular complexity index is 402. The van der Waals surface area contributed by atoms with Gasteiger partial charge in [0.25, 0.3) is 0 Å². The Morgan fingerprint density at radius 3 is 1.94 bits per heavy atom. The average Bonchev–Trinajstić information content (AvgIpc) is 2.27. The van der Waals surface area contributed by atoms with Crippen LogP contribution in [0.25, 0.3) is 0 Å². The highest BCUT2D eigenvalue weighted by molar-refractivity contribution is 9.12. The number of alkyl halides is 2. The summed E-state index contributed by atoms with van der Waals surface area (Å²) in [5, 5.41) is 17.5. The Hall–Kier alpha value is -0.880. The molecule has 1 aromatic rings. The smallest absolute Gasteiger partial charge is 0.335 e. The number of aromatic carboxylic acids is 1. The van der Waals surface area contributed by atoms with Gasteiger partial charge in [0.1, 0.15) is 4.83 Å². The second kappa shape index (κ2) is 5.45. The van der Waals surface area contributed by atoms with Gasteiger partial charge in [0, 0.05) is 0 Å². The summed E-state index contributed by atoms with van der Waals surface area (Å²) in [6.45, 7) is 0. The molecule has 0 heterocycles. The Morgan fingerprint density at radius 1 is 1.06 bits per heavy atom. The van der Waals surface area contributed by atoms with Gasteiger partial charge in [0.2, 0.25) is 0 Å². The predicted octanol–water partition coefficient (Wildman–Crippen LogP) is 2.67. The van der Waals surface area contributed by atoms with Crippen molar-refractivity contribution >= 4 is 43.8 Å². The van der Waals surface area contributed by atoms with Gasteiger partial charge < -0.3 is 10.2 Å². The van der Waals surface area contributed by atoms with E-state index in [9.17, 15) is 9.59 Å². The fourth-order valence-corrected chi connectivity index (χ4v) is 1.94. The summed E-state index contributed by atoms with van der Waals surface area (Å²) in [7, 11) is 0. The molecular weight excluding hydrogens is 344 g/mol. The van der Waals surface area contributed by atoms with E-state index < -0.39 is 21.6 Å². The lowest BCUT2D eigenvalue weighted by atomic mass is 10.1. The minimum atomic E-state index is -1.01. The molecule has 0 aliphatic heterocycles. The Labute approximate surface area is 109 Å². The molecule has 1 rings (SSSR count). The van der Waals surface area contributed by atoms with Crippen molar-refractivity contribution in [1.29, 1.82) is 0 Å². The van der Waals surface area contributed by atoms with Crippen molar-refractivity contribution in [3.63, 3.8) is 0 Å². The van der Waals surface area contributed by atoms with Crippen LogP contribution in [-0.2, 0) is 4.79 Å². The molecule has 4 nitrogen and oxygen atoms in total. The summed E-state index contributed by atoms with van der Waals surface area (Å²) in [6, 6.07) is 6.04. The van der Waals surface area contributed by atoms with Crippen LogP contribution in [-0.4, -0.2) is 27.0 Å². The lowest BCUT2D eigenvalue weighted by molar-refractivity contribution is -0.136. The number of halogens is 2. The molecule has 0 saturated carbocycles. The number of carboxylic acids is 2. The Morgan fingerprint density at radius 2 is 1.56 bits per heavy atom. The van der Waals surface area contributed by atoms with E-state index in [0.29, 0.717) is 5.56 Å². The van der Waals surface area contributed by atoms with Gasteiger partial charge in [-0.05, 0) is 17.7 Å². The van der Waals surface area contributed by atoms with Gasteiger partial charge in [-0.3, -0.25) is 4.79 Å². The highest BCUT2D eigenvalue weighted by Gasteiger charge is 2.24. The molecule has 16 heavy (non-hydrogen) atoms. The number of carbonyl (C=O) groups is 2. The van der Waals surface area contributed by atoms with Gasteiger partial charge in [-0.1, -0.05) is 44.0 Å². The predicted molar refractivity (Wildman–Crippen MR) is 65.4 cm³/mol. The van der Waals surface area contributed by atoms with Gasteiger partial charge in [0.15, 0.2) is 0 Å². The van der Waals surface area contributed by atoms with Gasteiger partial charge in [-0.2, -0.15) is 0 Å². The molecule has 0 spiro atoms. The third kappa shape index (κ3) is 3.05. The molecule has 0 amide bonds. The first-order valence-electron chi connectivity index (χ1n) is 4.27. The minimum Gasteiger partial charge on any atom is -0.480 e. The molecule has 0 fully saturated rings. The van der Waals surface area contributed by atoms with Crippen molar-refractivity contribution in [2.75, 3.05) is 0 Å². The minimum absolute atomic E-state index is 0.171. The number of carboxylic acid groups (broad SMARTS) is 2. The summed E-state index contributed by atoms with van der Waals surface area (Å²) in [4.78, 5) is 20.2. The van der Waals surface area contributed by atoms with E-state index in [1.807, 2.05) is 0 Å². The Balaban J connectivity index is 2.89. The molecule has 2 atom stereocenters. The standard InChI is InChI=1S/C10H8Br2O4/c11-7(8(12)10(15)16)5-1-3-6(4-2-5)9(13)14/h1-4,7-8H,(H,13,14)(H,15,16). The van der Waals surface area contributed by atoms with E-state index in [1.54, 1.807) is 12.1 Å². The second-order valence-electron chi connectivity index (χ2n) is 3.07. The summed E-state index contributed by atoms with van der Waals surface area (Å²) < 4.78 is 0. The van der Waals surface area contributed by atoms with E-state index in [1.165, 1.54) is 12.1 Å². The maximum Gasteiger partial charge on any atom is 0.335 e. The first kappa shape index (κ1) is 13.2. The molecule has 2 N–H and O–H groups in total. The second-order valence-corrected chi connectivity index (χ2v) is 5.04. The maximum atomic E-state index is 10.7. The highest BCUT2D eigenvalue weighted by atomic mass is 79.9. The number of hydrogen-bond acceptors (Lipinski definition) is 2. The van der Waals surface area contributed by atoms with Crippen LogP contribution < -0.4 is 0 Å². The van der Waals surface area contributed by atoms with Crippen molar-refractivity contribution in [1.82, 2.24) is 0 Å². The van der Waals surface area contributed by atoms with Crippen LogP contribution in [0.1, 0.15) is 20.7 Å². The van der Waals surface area contributed by atoms with Crippen molar-refractivity contribution in [3.05, 3.63) is 35.4 Å². The van der Waals surface area contributed by atoms with E-state index in [4.69, 9.17) is 10.2 Å². The fraction of sp³-hybridized carbons (Fsp3) is 0.200. The lowest BCUT2D eigenvalue weighted by Gasteiger charge is -2.13. The van der Waals surface area contributed by atoms with E-state index in [-0.39, 0.29) is 5.56 Å². The zero-order valence-corrected chi connectivity index (χ0v) is 11.1. The molecule has 6 heteroatoms. The van der Waals surface area contributed by atoms with Crippen LogP contribution >= 0.6 is 31.9 Å². The quantitative estimate of drug-likeness (QED) is 0.818. The monoisotopic (exact) mass is 350 g/mol. The van der Waals surface area contributed by atoms with Crippen LogP contribution in [0.3, 0.4) is 0 Å². The SMILES string of the molecule is O=C(O)c1ccc(C(Br)C(Br)C(=O)O)cc1. The summed E-state index contributed by atoms with van der Waals surface area (Å²) in [6.07, 6.45) is 0. The molecule has 0 aliphatic rings. The van der Waals surface area contributed by atoms with E-state index >= 15 is 0 Å². The summed E-state index contributed by atoms with van der Waals surface area (Å²) >= 11 is 6.27. The number of rotatable bonds is 4. The maximum absolute atomic E-state index is 10.7. The lowest BCUT2D eigenvalue weighted by Crippen LogP contribution is -2.17. The van der Waals surface area contributed by atoms with Crippen molar-refractivity contribution in [3.8, 4) is 0 Å². The first-order chi connectivity index (χ1) is 7.43. The molecule has 0 saturated heterocycles. The van der Waals surface area contributed by atoms with Crippen LogP contribution in [0.5, 0.6) is 0 Å². The number of aliphatic carboxylic acids is 1. The van der Waals surface area contributed by atoms with E-state index in [2.05, 4.69) is 31.9 Å². The molecule has 0 bridgehead atoms. The fourth-order valence-electron chi connectivity index (χ4n) is 1.10. The van der Waals surface area contributed by atoms with Gasteiger partial charge >= 0.3 is 11.9 Å². The zero-order valence-electron chi connectivity index (χ0n) is 7.93. The van der Waals surface area contributed by atoms with Crippen LogP contribution in [0, 0.1) is 0 Å². The van der Waals surface area contributed by atoms with Crippen molar-refractivity contribution in [2.24, 2.45) is 0 Å². The third-order valence-electron chi connectivity index (χ3n) is 1.97. The molecule has 0 aromatic heterocycles. The summed E-state index contributed by atoms with van der Waals surface area (Å²) in [5.74, 6) is -1.99. The molecule has 0 radical (unpaired) electrons. The normalized spacial score (nSPS) is 14.1. The van der Waals surface area contributed by atoms with E-state index in [0.717, 1.165) is 0 Å². The topological polar surface area (TPSA) is 74.6 Å². The van der Waals surface area contributed by atoms with Crippen LogP contribution in [0.2, 0.25) is 0 Å². The molecule has 1 aromatic carbocycles. The van der Waals surface area contributed by atoms with Crippen LogP contribution in [0.4, 0.5) is 0 Å². The zero-order chi connectivity index (χ0) is 12.3. The average molecular weight is 352 g/mol. The van der Waals surface area contributed by atoms with Crippen LogP contribution in [0.15, 0.2) is 24.3 Å². The molecular formula is C10H8Br2O4. The molecule has 2 unspecified atom stereocenters. The molecule has 0 aliphatic carbocycles. The Kier molecular flexibility index (Phi) is 4.49. The summed E-state index contributed by atoms with van der Waals surface area (Å²) in [5.41, 5.74) is 0.874.